The van der Waals surface area contributed by atoms with Crippen molar-refractivity contribution in [2.45, 2.75) is 151 Å². The van der Waals surface area contributed by atoms with Gasteiger partial charge in [-0.2, -0.15) is 0 Å². The second-order valence-corrected chi connectivity index (χ2v) is 21.1. The number of aliphatic hydroxyl groups is 9. The summed E-state index contributed by atoms with van der Waals surface area (Å²) in [7, 11) is 0. The summed E-state index contributed by atoms with van der Waals surface area (Å²) < 4.78 is 49.9. The molecular formula is C56H84N6O26. The fourth-order valence-electron chi connectivity index (χ4n) is 8.93. The van der Waals surface area contributed by atoms with Gasteiger partial charge in [0.25, 0.3) is 17.7 Å². The molecule has 3 aliphatic heterocycles. The topological polar surface area (TPSA) is 477 Å². The van der Waals surface area contributed by atoms with Crippen LogP contribution < -0.4 is 46.1 Å². The SMILES string of the molecule is C[C@@H]1OC(COCCCC(=O)NCCNC(=O)COc2cc(C(=O)O)cc(-c3cc(OCC(=O)NCCNC(=O)CCCOC4O[C@@H](C)C(O)[C@H](O)[C@@H]4O)cc(OCC(=O)NCCNC(=O)CCCOC4O[C@@H](C)C(O)[C@H](O)[C@@H]4O)c3)c2)[C@@H](O)[C@@H](O)C1O. The van der Waals surface area contributed by atoms with Crippen molar-refractivity contribution in [1.29, 1.82) is 0 Å². The molecule has 3 heterocycles. The minimum Gasteiger partial charge on any atom is -0.484 e. The molecule has 6 amide bonds. The van der Waals surface area contributed by atoms with Gasteiger partial charge < -0.3 is 126 Å². The number of ether oxygens (including phenoxy) is 9. The van der Waals surface area contributed by atoms with Gasteiger partial charge in [-0.3, -0.25) is 28.8 Å². The Balaban J connectivity index is 1.09. The van der Waals surface area contributed by atoms with E-state index < -0.39 is 135 Å². The molecule has 0 aromatic heterocycles. The average molecular weight is 1260 g/mol. The van der Waals surface area contributed by atoms with Crippen molar-refractivity contribution in [3.05, 3.63) is 42.0 Å². The quantitative estimate of drug-likeness (QED) is 0.0284. The van der Waals surface area contributed by atoms with Crippen LogP contribution in [0.4, 0.5) is 0 Å². The molecule has 2 aromatic carbocycles. The number of carboxylic acid groups (broad SMARTS) is 1. The monoisotopic (exact) mass is 1260 g/mol. The third-order valence-corrected chi connectivity index (χ3v) is 14.0. The van der Waals surface area contributed by atoms with Gasteiger partial charge in [0, 0.05) is 71.2 Å². The summed E-state index contributed by atoms with van der Waals surface area (Å²) in [5.41, 5.74) is 0.217. The molecule has 494 valence electrons. The molecular weight excluding hydrogens is 1170 g/mol. The lowest BCUT2D eigenvalue weighted by Gasteiger charge is -2.39. The van der Waals surface area contributed by atoms with Crippen molar-refractivity contribution in [3.8, 4) is 28.4 Å². The van der Waals surface area contributed by atoms with E-state index in [1.807, 2.05) is 0 Å². The summed E-state index contributed by atoms with van der Waals surface area (Å²) in [6, 6.07) is 8.16. The number of carbonyl (C=O) groups is 7. The Bertz CT molecular complexity index is 2470. The number of aliphatic hydroxyl groups excluding tert-OH is 9. The highest BCUT2D eigenvalue weighted by Gasteiger charge is 2.44. The lowest BCUT2D eigenvalue weighted by atomic mass is 9.96. The molecule has 0 spiro atoms. The van der Waals surface area contributed by atoms with E-state index >= 15 is 0 Å². The number of rotatable bonds is 36. The zero-order valence-electron chi connectivity index (χ0n) is 49.1. The van der Waals surface area contributed by atoms with Crippen molar-refractivity contribution in [2.24, 2.45) is 0 Å². The first kappa shape index (κ1) is 72.3. The summed E-state index contributed by atoms with van der Waals surface area (Å²) in [6.07, 6.45) is -17.1. The van der Waals surface area contributed by atoms with E-state index in [9.17, 15) is 84.6 Å². The van der Waals surface area contributed by atoms with Crippen molar-refractivity contribution < 1.29 is 127 Å². The Labute approximate surface area is 506 Å². The van der Waals surface area contributed by atoms with E-state index in [0.717, 1.165) is 0 Å². The Morgan fingerprint density at radius 2 is 0.750 bits per heavy atom. The Kier molecular flexibility index (Phi) is 30.3. The van der Waals surface area contributed by atoms with Gasteiger partial charge in [0.15, 0.2) is 32.4 Å². The minimum atomic E-state index is -1.49. The molecule has 3 aliphatic rings. The van der Waals surface area contributed by atoms with Crippen LogP contribution in [-0.2, 0) is 57.2 Å². The molecule has 16 N–H and O–H groups in total. The molecule has 2 aromatic rings. The van der Waals surface area contributed by atoms with Gasteiger partial charge >= 0.3 is 5.97 Å². The van der Waals surface area contributed by atoms with Gasteiger partial charge in [-0.1, -0.05) is 0 Å². The molecule has 0 saturated carbocycles. The molecule has 0 aliphatic carbocycles. The number of carbonyl (C=O) groups excluding carboxylic acids is 6. The summed E-state index contributed by atoms with van der Waals surface area (Å²) in [6.45, 7) is 3.09. The van der Waals surface area contributed by atoms with E-state index in [0.29, 0.717) is 6.42 Å². The zero-order valence-corrected chi connectivity index (χ0v) is 49.1. The third-order valence-electron chi connectivity index (χ3n) is 14.0. The van der Waals surface area contributed by atoms with E-state index in [1.165, 1.54) is 50.2 Å². The maximum Gasteiger partial charge on any atom is 0.335 e. The van der Waals surface area contributed by atoms with Crippen molar-refractivity contribution >= 4 is 41.4 Å². The Hall–Kier alpha value is -6.47. The summed E-state index contributed by atoms with van der Waals surface area (Å²) in [5.74, 6) is -4.25. The van der Waals surface area contributed by atoms with Crippen molar-refractivity contribution in [1.82, 2.24) is 31.9 Å². The number of carboxylic acids is 1. The molecule has 0 radical (unpaired) electrons. The van der Waals surface area contributed by atoms with Crippen LogP contribution in [0.2, 0.25) is 0 Å². The van der Waals surface area contributed by atoms with Crippen LogP contribution in [0.5, 0.6) is 17.2 Å². The summed E-state index contributed by atoms with van der Waals surface area (Å²) >= 11 is 0. The minimum absolute atomic E-state index is 0.00258. The van der Waals surface area contributed by atoms with Crippen LogP contribution in [0.25, 0.3) is 11.1 Å². The van der Waals surface area contributed by atoms with Crippen LogP contribution in [0, 0.1) is 0 Å². The molecule has 32 heteroatoms. The van der Waals surface area contributed by atoms with Crippen LogP contribution in [0.3, 0.4) is 0 Å². The molecule has 3 saturated heterocycles. The van der Waals surface area contributed by atoms with E-state index in [4.69, 9.17) is 42.6 Å². The van der Waals surface area contributed by atoms with Gasteiger partial charge in [-0.15, -0.1) is 0 Å². The van der Waals surface area contributed by atoms with E-state index in [2.05, 4.69) is 31.9 Å². The van der Waals surface area contributed by atoms with Crippen LogP contribution in [0.1, 0.15) is 69.7 Å². The normalized spacial score (nSPS) is 26.8. The first-order valence-electron chi connectivity index (χ1n) is 28.8. The zero-order chi connectivity index (χ0) is 64.5. The first-order chi connectivity index (χ1) is 41.9. The van der Waals surface area contributed by atoms with Gasteiger partial charge in [0.1, 0.15) is 78.3 Å². The maximum absolute atomic E-state index is 12.9. The van der Waals surface area contributed by atoms with Crippen LogP contribution in [-0.4, -0.2) is 270 Å². The fourth-order valence-corrected chi connectivity index (χ4v) is 8.93. The Morgan fingerprint density at radius 3 is 1.15 bits per heavy atom. The molecule has 6 unspecified atom stereocenters. The average Bonchev–Trinajstić information content (AvgIpc) is 3.67. The van der Waals surface area contributed by atoms with Crippen molar-refractivity contribution in [2.75, 3.05) is 85.5 Å². The van der Waals surface area contributed by atoms with Gasteiger partial charge in [-0.05, 0) is 81.5 Å². The standard InChI is InChI=1S/C56H84N6O26/c1-29-45(69)49(73)48(72)38(86-29)25-80-16-4-7-39(63)57-10-13-60-42(66)26-83-35-20-32(19-34(23-35)54(78)79)33-21-36(84-27-43(67)61-14-11-58-40(64)8-5-17-81-55-52(76)50(74)46(70)30(2)87-55)24-37(22-33)85-28-44(68)62-15-12-59-41(65)9-6-18-82-56-53(77)51(75)47(71)31(3)88-56/h19-24,29-31,38,45-53,55-56,69-77H,4-18,25-28H2,1-3H3,(H,57,63)(H,58,64)(H,59,65)(H,60,66)(H,61,67)(H,62,68)(H,78,79)/t29-,30-,31-,38?,45?,46?,47?,48+,49-,50-,51-,52-,53-,55?,56?/m0/s1. The van der Waals surface area contributed by atoms with Crippen LogP contribution >= 0.6 is 0 Å². The first-order valence-corrected chi connectivity index (χ1v) is 28.8. The highest BCUT2D eigenvalue weighted by Crippen LogP contribution is 2.33. The molecule has 32 nitrogen and oxygen atoms in total. The predicted molar refractivity (Wildman–Crippen MR) is 301 cm³/mol. The number of hydrogen-bond donors (Lipinski definition) is 16. The molecule has 3 fully saturated rings. The number of amides is 6. The largest absolute Gasteiger partial charge is 0.484 e. The predicted octanol–water partition coefficient (Wildman–Crippen LogP) is -5.20. The van der Waals surface area contributed by atoms with Crippen molar-refractivity contribution in [3.63, 3.8) is 0 Å². The number of aromatic carboxylic acids is 1. The highest BCUT2D eigenvalue weighted by atomic mass is 16.7. The smallest absolute Gasteiger partial charge is 0.335 e. The highest BCUT2D eigenvalue weighted by molar-refractivity contribution is 5.90. The summed E-state index contributed by atoms with van der Waals surface area (Å²) in [4.78, 5) is 88.1. The second kappa shape index (κ2) is 36.9. The van der Waals surface area contributed by atoms with Crippen LogP contribution in [0.15, 0.2) is 36.4 Å². The Morgan fingerprint density at radius 1 is 0.409 bits per heavy atom. The van der Waals surface area contributed by atoms with E-state index in [-0.39, 0.29) is 149 Å². The molecule has 88 heavy (non-hydrogen) atoms. The second-order valence-electron chi connectivity index (χ2n) is 21.1. The number of benzene rings is 2. The van der Waals surface area contributed by atoms with E-state index in [1.54, 1.807) is 6.92 Å². The lowest BCUT2D eigenvalue weighted by Crippen LogP contribution is -2.57. The third kappa shape index (κ3) is 23.8. The molecule has 0 bridgehead atoms. The number of hydrogen-bond acceptors (Lipinski definition) is 25. The van der Waals surface area contributed by atoms with Gasteiger partial charge in [0.05, 0.1) is 43.7 Å². The van der Waals surface area contributed by atoms with Gasteiger partial charge in [0.2, 0.25) is 17.7 Å². The van der Waals surface area contributed by atoms with Gasteiger partial charge in [-0.25, -0.2) is 4.79 Å². The molecule has 5 rings (SSSR count). The lowest BCUT2D eigenvalue weighted by molar-refractivity contribution is -0.293. The molecule has 15 atom stereocenters. The maximum atomic E-state index is 12.9. The fraction of sp³-hybridized carbons (Fsp3) is 0.661. The summed E-state index contributed by atoms with van der Waals surface area (Å²) in [5, 5.41) is 116. The number of nitrogens with one attached hydrogen (secondary N) is 6.